The quantitative estimate of drug-likeness (QED) is 0.326. The molecule has 4 amide bonds. The molecule has 0 radical (unpaired) electrons. The van der Waals surface area contributed by atoms with Crippen LogP contribution in [-0.4, -0.2) is 89.3 Å². The largest absolute Gasteiger partial charge is 0.497 e. The summed E-state index contributed by atoms with van der Waals surface area (Å²) in [5.74, 6) is -0.952. The van der Waals surface area contributed by atoms with Crippen molar-refractivity contribution in [3.05, 3.63) is 53.8 Å². The fourth-order valence-corrected chi connectivity index (χ4v) is 10.0. The Kier molecular flexibility index (Phi) is 10.1. The average molecular weight is 818 g/mol. The number of fused-ring (bicyclic) bond motifs is 5. The standard InChI is InChI=1S/C43H55N5O9S/c1-40(2,3)57-39(52)45-32-12-10-8-6-7-9-11-27-17-20-43(27,38(51)47-58(53,54)41(4)21-22-41)46-36(49)33-24-42(25-48(33)37(32)50)19-18-29-30-23-28(55-5)15-16-31(30)44-34(26-13-14-26)35(29)56-42/h9,11,15-17,20,23,26-27,32-33H,6-8,10,12-14,18-19,21-22,24-25H2,1-5H3,(H,45,52)(H,46,49)(H,47,51). The highest BCUT2D eigenvalue weighted by Gasteiger charge is 2.58. The molecule has 6 aliphatic rings. The number of aryl methyl sites for hydroxylation is 1. The lowest BCUT2D eigenvalue weighted by Crippen LogP contribution is -2.67. The molecular weight excluding hydrogens is 763 g/mol. The van der Waals surface area contributed by atoms with Gasteiger partial charge in [0.25, 0.3) is 5.91 Å². The lowest BCUT2D eigenvalue weighted by atomic mass is 9.73. The van der Waals surface area contributed by atoms with Crippen molar-refractivity contribution in [3.63, 3.8) is 0 Å². The Labute approximate surface area is 339 Å². The molecule has 5 unspecified atom stereocenters. The Morgan fingerprint density at radius 1 is 1.05 bits per heavy atom. The number of ether oxygens (including phenoxy) is 3. The van der Waals surface area contributed by atoms with Gasteiger partial charge in [-0.25, -0.2) is 18.2 Å². The van der Waals surface area contributed by atoms with E-state index < -0.39 is 73.3 Å². The zero-order valence-corrected chi connectivity index (χ0v) is 34.8. The number of nitrogens with one attached hydrogen (secondary N) is 3. The van der Waals surface area contributed by atoms with Crippen molar-refractivity contribution in [3.8, 4) is 11.5 Å². The van der Waals surface area contributed by atoms with E-state index in [9.17, 15) is 27.6 Å². The second-order valence-corrected chi connectivity index (χ2v) is 20.5. The summed E-state index contributed by atoms with van der Waals surface area (Å²) in [6.45, 7) is 6.88. The molecule has 3 fully saturated rings. The molecule has 2 saturated carbocycles. The van der Waals surface area contributed by atoms with E-state index in [1.54, 1.807) is 40.9 Å². The molecule has 8 rings (SSSR count). The van der Waals surface area contributed by atoms with Crippen LogP contribution >= 0.6 is 0 Å². The fourth-order valence-electron chi connectivity index (χ4n) is 8.75. The number of rotatable bonds is 6. The monoisotopic (exact) mass is 817 g/mol. The van der Waals surface area contributed by atoms with Crippen LogP contribution in [0.4, 0.5) is 4.79 Å². The number of benzene rings is 1. The van der Waals surface area contributed by atoms with E-state index in [0.29, 0.717) is 56.4 Å². The molecular formula is C43H55N5O9S. The van der Waals surface area contributed by atoms with Crippen LogP contribution in [0.1, 0.15) is 115 Å². The number of alkyl carbamates (subject to hydrolysis) is 1. The maximum absolute atomic E-state index is 14.9. The molecule has 1 aromatic carbocycles. The van der Waals surface area contributed by atoms with E-state index in [2.05, 4.69) is 15.4 Å². The van der Waals surface area contributed by atoms with Gasteiger partial charge in [-0.2, -0.15) is 0 Å². The highest BCUT2D eigenvalue weighted by Crippen LogP contribution is 2.51. The van der Waals surface area contributed by atoms with Gasteiger partial charge in [-0.3, -0.25) is 19.1 Å². The molecule has 3 aliphatic carbocycles. The van der Waals surface area contributed by atoms with Gasteiger partial charge in [0.15, 0.2) is 0 Å². The number of carbonyl (C=O) groups excluding carboxylic acids is 4. The summed E-state index contributed by atoms with van der Waals surface area (Å²) < 4.78 is 46.2. The topological polar surface area (TPSA) is 182 Å². The normalized spacial score (nSPS) is 29.4. The van der Waals surface area contributed by atoms with Crippen LogP contribution < -0.4 is 24.8 Å². The van der Waals surface area contributed by atoms with Crippen molar-refractivity contribution < 1.29 is 41.8 Å². The third-order valence-electron chi connectivity index (χ3n) is 12.7. The summed E-state index contributed by atoms with van der Waals surface area (Å²) in [4.78, 5) is 63.7. The number of nitrogens with zero attached hydrogens (tertiary/aromatic N) is 2. The van der Waals surface area contributed by atoms with E-state index in [1.165, 1.54) is 11.0 Å². The molecule has 3 N–H and O–H groups in total. The zero-order valence-electron chi connectivity index (χ0n) is 34.0. The molecule has 312 valence electrons. The minimum absolute atomic E-state index is 0.0429. The predicted molar refractivity (Wildman–Crippen MR) is 216 cm³/mol. The van der Waals surface area contributed by atoms with Crippen LogP contribution in [-0.2, 0) is 35.6 Å². The highest BCUT2D eigenvalue weighted by molar-refractivity contribution is 7.91. The molecule has 2 aromatic rings. The van der Waals surface area contributed by atoms with Crippen molar-refractivity contribution in [2.75, 3.05) is 13.7 Å². The number of pyridine rings is 1. The number of aromatic nitrogens is 1. The van der Waals surface area contributed by atoms with Gasteiger partial charge in [-0.05, 0) is 104 Å². The van der Waals surface area contributed by atoms with E-state index >= 15 is 0 Å². The first kappa shape index (κ1) is 40.1. The fraction of sp³-hybridized carbons (Fsp3) is 0.605. The van der Waals surface area contributed by atoms with Gasteiger partial charge in [0.1, 0.15) is 40.3 Å². The number of methoxy groups -OCH3 is 1. The lowest BCUT2D eigenvalue weighted by molar-refractivity contribution is -0.142. The minimum Gasteiger partial charge on any atom is -0.497 e. The number of amides is 4. The van der Waals surface area contributed by atoms with Gasteiger partial charge in [0, 0.05) is 29.2 Å². The molecule has 1 spiro atoms. The summed E-state index contributed by atoms with van der Waals surface area (Å²) in [5, 5.41) is 6.69. The number of allylic oxidation sites excluding steroid dienone is 1. The van der Waals surface area contributed by atoms with Gasteiger partial charge < -0.3 is 29.7 Å². The molecule has 14 nitrogen and oxygen atoms in total. The van der Waals surface area contributed by atoms with Gasteiger partial charge >= 0.3 is 6.09 Å². The van der Waals surface area contributed by atoms with Crippen molar-refractivity contribution in [1.82, 2.24) is 25.2 Å². The molecule has 1 saturated heterocycles. The zero-order chi connectivity index (χ0) is 41.3. The Bertz CT molecular complexity index is 2210. The maximum atomic E-state index is 14.9. The summed E-state index contributed by atoms with van der Waals surface area (Å²) in [7, 11) is -2.42. The van der Waals surface area contributed by atoms with Gasteiger partial charge in [-0.15, -0.1) is 0 Å². The van der Waals surface area contributed by atoms with Crippen molar-refractivity contribution in [2.24, 2.45) is 5.92 Å². The Morgan fingerprint density at radius 3 is 2.50 bits per heavy atom. The lowest BCUT2D eigenvalue weighted by Gasteiger charge is -2.42. The Morgan fingerprint density at radius 2 is 1.83 bits per heavy atom. The smallest absolute Gasteiger partial charge is 0.408 e. The number of sulfonamides is 1. The van der Waals surface area contributed by atoms with E-state index in [4.69, 9.17) is 19.2 Å². The Balaban J connectivity index is 1.17. The van der Waals surface area contributed by atoms with Crippen LogP contribution in [0, 0.1) is 5.92 Å². The maximum Gasteiger partial charge on any atom is 0.408 e. The van der Waals surface area contributed by atoms with Crippen molar-refractivity contribution >= 4 is 44.7 Å². The second kappa shape index (κ2) is 14.6. The average Bonchev–Trinajstić information content (AvgIpc) is 4.10. The molecule has 15 heteroatoms. The molecule has 5 atom stereocenters. The third kappa shape index (κ3) is 7.54. The van der Waals surface area contributed by atoms with Crippen LogP contribution in [0.15, 0.2) is 42.5 Å². The first-order valence-corrected chi connectivity index (χ1v) is 22.2. The van der Waals surface area contributed by atoms with Crippen LogP contribution in [0.3, 0.4) is 0 Å². The van der Waals surface area contributed by atoms with Crippen molar-refractivity contribution in [1.29, 1.82) is 0 Å². The van der Waals surface area contributed by atoms with E-state index in [-0.39, 0.29) is 18.9 Å². The molecule has 3 aliphatic heterocycles. The van der Waals surface area contributed by atoms with Crippen LogP contribution in [0.25, 0.3) is 10.9 Å². The van der Waals surface area contributed by atoms with Gasteiger partial charge in [0.2, 0.25) is 21.8 Å². The van der Waals surface area contributed by atoms with Crippen molar-refractivity contribution in [2.45, 2.75) is 144 Å². The van der Waals surface area contributed by atoms with Gasteiger partial charge in [0.05, 0.1) is 29.6 Å². The SMILES string of the molecule is COc1ccc2nc(C3CC3)c3c(c2c1)CCC1(CC2C(=O)NC4(C(=O)NS(=O)(=O)C5(C)CC5)C=CC4C=CCCCCCC(NC(=O)OC(C)(C)C)C(=O)N2C1)O3. The minimum atomic E-state index is -4.04. The van der Waals surface area contributed by atoms with Gasteiger partial charge in [-0.1, -0.05) is 37.1 Å². The molecule has 58 heavy (non-hydrogen) atoms. The van der Waals surface area contributed by atoms with E-state index in [1.807, 2.05) is 30.4 Å². The summed E-state index contributed by atoms with van der Waals surface area (Å²) in [6, 6.07) is 3.69. The number of hydrogen-bond acceptors (Lipinski definition) is 10. The summed E-state index contributed by atoms with van der Waals surface area (Å²) >= 11 is 0. The Hall–Kier alpha value is -4.66. The summed E-state index contributed by atoms with van der Waals surface area (Å²) in [5.41, 5.74) is -0.798. The molecule has 0 bridgehead atoms. The first-order chi connectivity index (χ1) is 27.5. The highest BCUT2D eigenvalue weighted by atomic mass is 32.2. The van der Waals surface area contributed by atoms with E-state index in [0.717, 1.165) is 47.8 Å². The van der Waals surface area contributed by atoms with Crippen LogP contribution in [0.5, 0.6) is 11.5 Å². The predicted octanol–water partition coefficient (Wildman–Crippen LogP) is 5.24. The van der Waals surface area contributed by atoms with Crippen LogP contribution in [0.2, 0.25) is 0 Å². The first-order valence-electron chi connectivity index (χ1n) is 20.7. The number of carbonyl (C=O) groups is 4. The molecule has 1 aromatic heterocycles. The molecule has 4 heterocycles. The third-order valence-corrected chi connectivity index (χ3v) is 14.9. The summed E-state index contributed by atoms with van der Waals surface area (Å²) in [6.07, 6.45) is 13.5. The second-order valence-electron chi connectivity index (χ2n) is 18.3. The number of hydrogen-bond donors (Lipinski definition) is 3.